The summed E-state index contributed by atoms with van der Waals surface area (Å²) >= 11 is 0. The van der Waals surface area contributed by atoms with Gasteiger partial charge in [-0.25, -0.2) is 0 Å². The number of hydrogen-bond acceptors (Lipinski definition) is 3. The zero-order valence-electron chi connectivity index (χ0n) is 9.73. The summed E-state index contributed by atoms with van der Waals surface area (Å²) in [5.74, 6) is 2.60. The molecule has 0 N–H and O–H groups in total. The normalized spacial score (nSPS) is 9.56. The highest BCUT2D eigenvalue weighted by Gasteiger charge is 2.06. The fraction of sp³-hybridized carbons (Fsp3) is 0.385. The van der Waals surface area contributed by atoms with Gasteiger partial charge in [-0.05, 0) is 18.6 Å². The van der Waals surface area contributed by atoms with Crippen LogP contribution < -0.4 is 4.90 Å². The quantitative estimate of drug-likeness (QED) is 0.558. The Labute approximate surface area is 96.5 Å². The highest BCUT2D eigenvalue weighted by atomic mass is 16.1. The molecule has 1 aromatic heterocycles. The second-order valence-electron chi connectivity index (χ2n) is 3.58. The lowest BCUT2D eigenvalue weighted by atomic mass is 10.2. The molecule has 0 aliphatic carbocycles. The number of Topliss-reactive ketones (excluding diaryl/α,β-unsaturated/α-hetero) is 1. The third kappa shape index (κ3) is 3.09. The molecule has 1 aromatic rings. The number of ketones is 1. The Morgan fingerprint density at radius 2 is 2.31 bits per heavy atom. The molecule has 0 radical (unpaired) electrons. The van der Waals surface area contributed by atoms with Crippen molar-refractivity contribution in [2.75, 3.05) is 18.0 Å². The Bertz CT molecular complexity index is 389. The smallest absolute Gasteiger partial charge is 0.178 e. The van der Waals surface area contributed by atoms with Crippen LogP contribution in [-0.2, 0) is 0 Å². The summed E-state index contributed by atoms with van der Waals surface area (Å²) in [6.45, 7) is 5.06. The van der Waals surface area contributed by atoms with Crippen LogP contribution in [0.5, 0.6) is 0 Å². The highest BCUT2D eigenvalue weighted by molar-refractivity contribution is 5.92. The molecule has 0 aliphatic rings. The summed E-state index contributed by atoms with van der Waals surface area (Å²) in [6.07, 6.45) is 8.03. The van der Waals surface area contributed by atoms with Crippen molar-refractivity contribution in [2.24, 2.45) is 0 Å². The van der Waals surface area contributed by atoms with Crippen LogP contribution in [0.3, 0.4) is 0 Å². The third-order valence-corrected chi connectivity index (χ3v) is 2.25. The van der Waals surface area contributed by atoms with Crippen LogP contribution in [0.1, 0.15) is 30.8 Å². The van der Waals surface area contributed by atoms with Gasteiger partial charge in [0.2, 0.25) is 0 Å². The molecule has 0 atom stereocenters. The minimum absolute atomic E-state index is 0.0226. The van der Waals surface area contributed by atoms with E-state index in [1.807, 2.05) is 6.07 Å². The van der Waals surface area contributed by atoms with Crippen molar-refractivity contribution < 1.29 is 4.79 Å². The van der Waals surface area contributed by atoms with Gasteiger partial charge in [-0.2, -0.15) is 0 Å². The summed E-state index contributed by atoms with van der Waals surface area (Å²) in [5, 5.41) is 0. The first-order valence-corrected chi connectivity index (χ1v) is 5.34. The van der Waals surface area contributed by atoms with Crippen molar-refractivity contribution in [3.8, 4) is 12.3 Å². The SMILES string of the molecule is C#CCN(CCC)c1ccc(C(C)=O)nc1. The van der Waals surface area contributed by atoms with Gasteiger partial charge in [0.05, 0.1) is 18.4 Å². The molecule has 0 fully saturated rings. The van der Waals surface area contributed by atoms with Crippen molar-refractivity contribution in [3.63, 3.8) is 0 Å². The summed E-state index contributed by atoms with van der Waals surface area (Å²) in [7, 11) is 0. The summed E-state index contributed by atoms with van der Waals surface area (Å²) in [6, 6.07) is 3.62. The zero-order valence-corrected chi connectivity index (χ0v) is 9.73. The van der Waals surface area contributed by atoms with Gasteiger partial charge in [0, 0.05) is 13.5 Å². The van der Waals surface area contributed by atoms with Gasteiger partial charge in [-0.1, -0.05) is 12.8 Å². The lowest BCUT2D eigenvalue weighted by Gasteiger charge is -2.21. The van der Waals surface area contributed by atoms with E-state index in [1.165, 1.54) is 6.92 Å². The molecule has 0 unspecified atom stereocenters. The largest absolute Gasteiger partial charge is 0.359 e. The van der Waals surface area contributed by atoms with Gasteiger partial charge in [0.25, 0.3) is 0 Å². The predicted octanol–water partition coefficient (Wildman–Crippen LogP) is 2.13. The molecule has 0 spiro atoms. The second kappa shape index (κ2) is 5.92. The molecule has 3 heteroatoms. The first-order valence-electron chi connectivity index (χ1n) is 5.34. The van der Waals surface area contributed by atoms with Gasteiger partial charge < -0.3 is 4.90 Å². The molecule has 0 saturated carbocycles. The van der Waals surface area contributed by atoms with Gasteiger partial charge in [-0.15, -0.1) is 6.42 Å². The van der Waals surface area contributed by atoms with E-state index in [4.69, 9.17) is 6.42 Å². The Morgan fingerprint density at radius 1 is 1.56 bits per heavy atom. The molecule has 0 saturated heterocycles. The fourth-order valence-corrected chi connectivity index (χ4v) is 1.46. The number of terminal acetylenes is 1. The summed E-state index contributed by atoms with van der Waals surface area (Å²) < 4.78 is 0. The average Bonchev–Trinajstić information content (AvgIpc) is 2.29. The second-order valence-corrected chi connectivity index (χ2v) is 3.58. The molecule has 16 heavy (non-hydrogen) atoms. The lowest BCUT2D eigenvalue weighted by Crippen LogP contribution is -2.24. The van der Waals surface area contributed by atoms with Crippen LogP contribution >= 0.6 is 0 Å². The molecular weight excluding hydrogens is 200 g/mol. The van der Waals surface area contributed by atoms with Crippen LogP contribution in [0.25, 0.3) is 0 Å². The van der Waals surface area contributed by atoms with Crippen molar-refractivity contribution in [1.29, 1.82) is 0 Å². The minimum Gasteiger partial charge on any atom is -0.359 e. The number of pyridine rings is 1. The number of rotatable bonds is 5. The monoisotopic (exact) mass is 216 g/mol. The topological polar surface area (TPSA) is 33.2 Å². The maximum Gasteiger partial charge on any atom is 0.178 e. The number of nitrogens with zero attached hydrogens (tertiary/aromatic N) is 2. The van der Waals surface area contributed by atoms with Gasteiger partial charge >= 0.3 is 0 Å². The number of anilines is 1. The van der Waals surface area contributed by atoms with Crippen LogP contribution in [0.4, 0.5) is 5.69 Å². The van der Waals surface area contributed by atoms with Crippen LogP contribution in [0, 0.1) is 12.3 Å². The standard InChI is InChI=1S/C13H16N2O/c1-4-8-15(9-5-2)12-6-7-13(11(3)16)14-10-12/h1,6-7,10H,5,8-9H2,2-3H3. The van der Waals surface area contributed by atoms with E-state index in [9.17, 15) is 4.79 Å². The van der Waals surface area contributed by atoms with Gasteiger partial charge in [0.15, 0.2) is 5.78 Å². The first kappa shape index (κ1) is 12.3. The van der Waals surface area contributed by atoms with E-state index >= 15 is 0 Å². The zero-order chi connectivity index (χ0) is 12.0. The Morgan fingerprint density at radius 3 is 2.75 bits per heavy atom. The number of carbonyl (C=O) groups excluding carboxylic acids is 1. The molecule has 0 amide bonds. The van der Waals surface area contributed by atoms with Crippen LogP contribution in [0.15, 0.2) is 18.3 Å². The molecule has 3 nitrogen and oxygen atoms in total. The predicted molar refractivity (Wildman–Crippen MR) is 65.6 cm³/mol. The molecule has 0 aliphatic heterocycles. The maximum absolute atomic E-state index is 11.1. The summed E-state index contributed by atoms with van der Waals surface area (Å²) in [4.78, 5) is 17.2. The van der Waals surface area contributed by atoms with E-state index in [-0.39, 0.29) is 5.78 Å². The van der Waals surface area contributed by atoms with Crippen LogP contribution in [0.2, 0.25) is 0 Å². The first-order chi connectivity index (χ1) is 7.69. The number of aromatic nitrogens is 1. The van der Waals surface area contributed by atoms with Crippen molar-refractivity contribution in [1.82, 2.24) is 4.98 Å². The van der Waals surface area contributed by atoms with Gasteiger partial charge in [-0.3, -0.25) is 9.78 Å². The third-order valence-electron chi connectivity index (χ3n) is 2.25. The van der Waals surface area contributed by atoms with E-state index in [0.29, 0.717) is 12.2 Å². The lowest BCUT2D eigenvalue weighted by molar-refractivity contribution is 0.101. The minimum atomic E-state index is -0.0226. The average molecular weight is 216 g/mol. The molecule has 0 bridgehead atoms. The van der Waals surface area contributed by atoms with Crippen molar-refractivity contribution >= 4 is 11.5 Å². The van der Waals surface area contributed by atoms with Crippen molar-refractivity contribution in [3.05, 3.63) is 24.0 Å². The van der Waals surface area contributed by atoms with Gasteiger partial charge in [0.1, 0.15) is 5.69 Å². The maximum atomic E-state index is 11.1. The molecular formula is C13H16N2O. The Kier molecular flexibility index (Phi) is 4.53. The van der Waals surface area contributed by atoms with E-state index < -0.39 is 0 Å². The van der Waals surface area contributed by atoms with Crippen molar-refractivity contribution in [2.45, 2.75) is 20.3 Å². The van der Waals surface area contributed by atoms with E-state index in [1.54, 1.807) is 12.3 Å². The summed E-state index contributed by atoms with van der Waals surface area (Å²) in [5.41, 5.74) is 1.45. The fourth-order valence-electron chi connectivity index (χ4n) is 1.46. The Hall–Kier alpha value is -1.82. The molecule has 1 rings (SSSR count). The Balaban J connectivity index is 2.85. The van der Waals surface area contributed by atoms with Crippen LogP contribution in [-0.4, -0.2) is 23.9 Å². The molecule has 1 heterocycles. The number of carbonyl (C=O) groups is 1. The van der Waals surface area contributed by atoms with E-state index in [0.717, 1.165) is 18.7 Å². The highest BCUT2D eigenvalue weighted by Crippen LogP contribution is 2.13. The number of hydrogen-bond donors (Lipinski definition) is 0. The van der Waals surface area contributed by atoms with E-state index in [2.05, 4.69) is 22.7 Å². The molecule has 84 valence electrons. The molecule has 0 aromatic carbocycles.